The van der Waals surface area contributed by atoms with Crippen molar-refractivity contribution in [2.24, 2.45) is 0 Å². The SMILES string of the molecule is COCc1nc2n(n1)CC(Nc1nc3ccccc3[nH]1)CC2. The zero-order valence-electron chi connectivity index (χ0n) is 12.4. The molecule has 1 aromatic carbocycles. The molecule has 0 aliphatic carbocycles. The summed E-state index contributed by atoms with van der Waals surface area (Å²) >= 11 is 0. The van der Waals surface area contributed by atoms with Crippen LogP contribution in [0.25, 0.3) is 11.0 Å². The van der Waals surface area contributed by atoms with Crippen molar-refractivity contribution >= 4 is 17.0 Å². The minimum Gasteiger partial charge on any atom is -0.377 e. The summed E-state index contributed by atoms with van der Waals surface area (Å²) in [7, 11) is 1.66. The summed E-state index contributed by atoms with van der Waals surface area (Å²) in [4.78, 5) is 12.4. The molecule has 0 saturated heterocycles. The van der Waals surface area contributed by atoms with Gasteiger partial charge in [-0.25, -0.2) is 14.6 Å². The lowest BCUT2D eigenvalue weighted by Crippen LogP contribution is -2.32. The highest BCUT2D eigenvalue weighted by Crippen LogP contribution is 2.19. The molecule has 0 saturated carbocycles. The Morgan fingerprint density at radius 1 is 1.36 bits per heavy atom. The van der Waals surface area contributed by atoms with Crippen molar-refractivity contribution in [1.29, 1.82) is 0 Å². The van der Waals surface area contributed by atoms with Crippen molar-refractivity contribution < 1.29 is 4.74 Å². The fourth-order valence-electron chi connectivity index (χ4n) is 2.88. The molecule has 7 heteroatoms. The number of imidazole rings is 1. The van der Waals surface area contributed by atoms with Gasteiger partial charge in [0.05, 0.1) is 17.6 Å². The van der Waals surface area contributed by atoms with Crippen molar-refractivity contribution in [3.05, 3.63) is 35.9 Å². The van der Waals surface area contributed by atoms with E-state index in [2.05, 4.69) is 25.4 Å². The van der Waals surface area contributed by atoms with Crippen LogP contribution in [-0.2, 0) is 24.3 Å². The number of nitrogens with zero attached hydrogens (tertiary/aromatic N) is 4. The molecular weight excluding hydrogens is 280 g/mol. The highest BCUT2D eigenvalue weighted by molar-refractivity contribution is 5.77. The van der Waals surface area contributed by atoms with Gasteiger partial charge in [-0.2, -0.15) is 5.10 Å². The maximum absolute atomic E-state index is 5.09. The van der Waals surface area contributed by atoms with Gasteiger partial charge in [0.25, 0.3) is 0 Å². The number of hydrogen-bond acceptors (Lipinski definition) is 5. The summed E-state index contributed by atoms with van der Waals surface area (Å²) in [5.74, 6) is 2.60. The summed E-state index contributed by atoms with van der Waals surface area (Å²) in [6.07, 6.45) is 1.93. The lowest BCUT2D eigenvalue weighted by molar-refractivity contribution is 0.177. The number of benzene rings is 1. The molecule has 1 aliphatic rings. The molecule has 0 amide bonds. The number of nitrogens with one attached hydrogen (secondary N) is 2. The van der Waals surface area contributed by atoms with Crippen LogP contribution in [0.4, 0.5) is 5.95 Å². The Morgan fingerprint density at radius 3 is 3.14 bits per heavy atom. The number of ether oxygens (including phenoxy) is 1. The van der Waals surface area contributed by atoms with Gasteiger partial charge in [0.1, 0.15) is 12.4 Å². The molecule has 1 unspecified atom stereocenters. The van der Waals surface area contributed by atoms with Crippen molar-refractivity contribution in [1.82, 2.24) is 24.7 Å². The summed E-state index contributed by atoms with van der Waals surface area (Å²) in [5, 5.41) is 7.95. The van der Waals surface area contributed by atoms with Crippen molar-refractivity contribution in [3.8, 4) is 0 Å². The second kappa shape index (κ2) is 5.42. The molecule has 22 heavy (non-hydrogen) atoms. The topological polar surface area (TPSA) is 80.7 Å². The van der Waals surface area contributed by atoms with Gasteiger partial charge in [-0.3, -0.25) is 0 Å². The van der Waals surface area contributed by atoms with Crippen LogP contribution in [0.3, 0.4) is 0 Å². The number of methoxy groups -OCH3 is 1. The van der Waals surface area contributed by atoms with E-state index in [0.29, 0.717) is 12.6 Å². The molecule has 114 valence electrons. The fourth-order valence-corrected chi connectivity index (χ4v) is 2.88. The van der Waals surface area contributed by atoms with Crippen LogP contribution in [0.1, 0.15) is 18.1 Å². The number of rotatable bonds is 4. The molecular formula is C15H18N6O. The molecule has 1 aliphatic heterocycles. The fraction of sp³-hybridized carbons (Fsp3) is 0.400. The monoisotopic (exact) mass is 298 g/mol. The van der Waals surface area contributed by atoms with Crippen molar-refractivity contribution in [2.45, 2.75) is 32.0 Å². The van der Waals surface area contributed by atoms with E-state index in [9.17, 15) is 0 Å². The number of fused-ring (bicyclic) bond motifs is 2. The average molecular weight is 298 g/mol. The second-order valence-corrected chi connectivity index (χ2v) is 5.54. The van der Waals surface area contributed by atoms with Crippen LogP contribution < -0.4 is 5.32 Å². The van der Waals surface area contributed by atoms with Crippen LogP contribution in [0.5, 0.6) is 0 Å². The Bertz CT molecular complexity index is 759. The third-order valence-electron chi connectivity index (χ3n) is 3.91. The minimum atomic E-state index is 0.296. The number of aromatic nitrogens is 5. The zero-order chi connectivity index (χ0) is 14.9. The number of aromatic amines is 1. The molecule has 0 fully saturated rings. The van der Waals surface area contributed by atoms with Gasteiger partial charge in [-0.15, -0.1) is 0 Å². The Morgan fingerprint density at radius 2 is 2.27 bits per heavy atom. The lowest BCUT2D eigenvalue weighted by atomic mass is 10.1. The van der Waals surface area contributed by atoms with E-state index < -0.39 is 0 Å². The summed E-state index contributed by atoms with van der Waals surface area (Å²) < 4.78 is 7.06. The largest absolute Gasteiger partial charge is 0.377 e. The minimum absolute atomic E-state index is 0.296. The van der Waals surface area contributed by atoms with Crippen molar-refractivity contribution in [3.63, 3.8) is 0 Å². The number of anilines is 1. The Balaban J connectivity index is 1.49. The van der Waals surface area contributed by atoms with Crippen LogP contribution in [0.2, 0.25) is 0 Å². The van der Waals surface area contributed by atoms with E-state index in [4.69, 9.17) is 4.74 Å². The number of aryl methyl sites for hydroxylation is 1. The van der Waals surface area contributed by atoms with Gasteiger partial charge in [0.15, 0.2) is 5.82 Å². The van der Waals surface area contributed by atoms with E-state index in [0.717, 1.165) is 48.0 Å². The van der Waals surface area contributed by atoms with Crippen LogP contribution in [-0.4, -0.2) is 37.9 Å². The lowest BCUT2D eigenvalue weighted by Gasteiger charge is -2.23. The molecule has 3 aromatic rings. The Kier molecular flexibility index (Phi) is 3.27. The molecule has 3 heterocycles. The second-order valence-electron chi connectivity index (χ2n) is 5.54. The maximum Gasteiger partial charge on any atom is 0.201 e. The first-order valence-corrected chi connectivity index (χ1v) is 7.44. The smallest absolute Gasteiger partial charge is 0.201 e. The molecule has 7 nitrogen and oxygen atoms in total. The summed E-state index contributed by atoms with van der Waals surface area (Å²) in [6, 6.07) is 8.33. The van der Waals surface area contributed by atoms with Crippen LogP contribution in [0.15, 0.2) is 24.3 Å². The van der Waals surface area contributed by atoms with E-state index in [1.54, 1.807) is 7.11 Å². The summed E-state index contributed by atoms with van der Waals surface area (Å²) in [6.45, 7) is 1.25. The summed E-state index contributed by atoms with van der Waals surface area (Å²) in [5.41, 5.74) is 2.02. The molecule has 2 N–H and O–H groups in total. The predicted molar refractivity (Wildman–Crippen MR) is 82.6 cm³/mol. The Labute approximate surface area is 127 Å². The third kappa shape index (κ3) is 2.43. The molecule has 0 radical (unpaired) electrons. The van der Waals surface area contributed by atoms with Gasteiger partial charge in [-0.05, 0) is 18.6 Å². The van der Waals surface area contributed by atoms with Gasteiger partial charge >= 0.3 is 0 Å². The standard InChI is InChI=1S/C15H18N6O/c1-22-9-13-19-14-7-6-10(8-21(14)20-13)16-15-17-11-4-2-3-5-12(11)18-15/h2-5,10H,6-9H2,1H3,(H2,16,17,18). The molecule has 4 rings (SSSR count). The number of para-hydroxylation sites is 2. The first kappa shape index (κ1) is 13.3. The first-order valence-electron chi connectivity index (χ1n) is 7.44. The Hall–Kier alpha value is -2.41. The van der Waals surface area contributed by atoms with Gasteiger partial charge in [0, 0.05) is 19.6 Å². The predicted octanol–water partition coefficient (Wildman–Crippen LogP) is 1.73. The average Bonchev–Trinajstić information content (AvgIpc) is 3.09. The maximum atomic E-state index is 5.09. The van der Waals surface area contributed by atoms with E-state index in [1.807, 2.05) is 28.9 Å². The van der Waals surface area contributed by atoms with Gasteiger partial charge in [0.2, 0.25) is 5.95 Å². The molecule has 0 spiro atoms. The quantitative estimate of drug-likeness (QED) is 0.766. The normalized spacial score (nSPS) is 17.6. The first-order chi connectivity index (χ1) is 10.8. The van der Waals surface area contributed by atoms with E-state index >= 15 is 0 Å². The van der Waals surface area contributed by atoms with Crippen molar-refractivity contribution in [2.75, 3.05) is 12.4 Å². The van der Waals surface area contributed by atoms with E-state index in [-0.39, 0.29) is 0 Å². The van der Waals surface area contributed by atoms with E-state index in [1.165, 1.54) is 0 Å². The molecule has 0 bridgehead atoms. The number of H-pyrrole nitrogens is 1. The van der Waals surface area contributed by atoms with Gasteiger partial charge in [-0.1, -0.05) is 12.1 Å². The highest BCUT2D eigenvalue weighted by Gasteiger charge is 2.22. The molecule has 2 aromatic heterocycles. The van der Waals surface area contributed by atoms with Crippen LogP contribution in [0, 0.1) is 0 Å². The zero-order valence-corrected chi connectivity index (χ0v) is 12.4. The number of hydrogen-bond donors (Lipinski definition) is 2. The molecule has 1 atom stereocenters. The third-order valence-corrected chi connectivity index (χ3v) is 3.91. The highest BCUT2D eigenvalue weighted by atomic mass is 16.5. The van der Waals surface area contributed by atoms with Crippen LogP contribution >= 0.6 is 0 Å². The van der Waals surface area contributed by atoms with Gasteiger partial charge < -0.3 is 15.0 Å².